The van der Waals surface area contributed by atoms with Gasteiger partial charge in [0, 0.05) is 17.6 Å². The molecule has 2 amide bonds. The number of carbonyl (C=O) groups is 2. The Hall–Kier alpha value is -2.41. The van der Waals surface area contributed by atoms with E-state index in [0.717, 1.165) is 16.3 Å². The van der Waals surface area contributed by atoms with Gasteiger partial charge in [-0.05, 0) is 32.2 Å². The molecule has 1 fully saturated rings. The van der Waals surface area contributed by atoms with Crippen molar-refractivity contribution in [2.75, 3.05) is 24.2 Å². The van der Waals surface area contributed by atoms with Gasteiger partial charge in [-0.3, -0.25) is 14.6 Å². The number of benzene rings is 1. The number of aromatic nitrogens is 2. The molecule has 1 unspecified atom stereocenters. The topological polar surface area (TPSA) is 66.4 Å². The zero-order chi connectivity index (χ0) is 18.0. The van der Waals surface area contributed by atoms with E-state index in [0.29, 0.717) is 6.54 Å². The zero-order valence-corrected chi connectivity index (χ0v) is 15.3. The number of para-hydroxylation sites is 1. The van der Waals surface area contributed by atoms with Gasteiger partial charge in [0.05, 0.1) is 23.6 Å². The second-order valence-corrected chi connectivity index (χ2v) is 6.86. The van der Waals surface area contributed by atoms with Crippen LogP contribution in [0.15, 0.2) is 41.6 Å². The summed E-state index contributed by atoms with van der Waals surface area (Å²) < 4.78 is 0. The van der Waals surface area contributed by atoms with Crippen LogP contribution in [0.2, 0.25) is 0 Å². The summed E-state index contributed by atoms with van der Waals surface area (Å²) in [5.74, 6) is -0.348. The molecule has 1 aromatic carbocycles. The number of thioether (sulfide) groups is 1. The highest BCUT2D eigenvalue weighted by atomic mass is 32.2. The van der Waals surface area contributed by atoms with E-state index in [-0.39, 0.29) is 30.1 Å². The van der Waals surface area contributed by atoms with Gasteiger partial charge in [0.1, 0.15) is 12.2 Å². The first-order valence-electron chi connectivity index (χ1n) is 8.04. The average Bonchev–Trinajstić information content (AvgIpc) is 2.61. The van der Waals surface area contributed by atoms with Crippen molar-refractivity contribution in [1.82, 2.24) is 14.9 Å². The Kier molecular flexibility index (Phi) is 5.03. The molecule has 2 heterocycles. The van der Waals surface area contributed by atoms with Gasteiger partial charge in [0.25, 0.3) is 5.91 Å². The third-order valence-electron chi connectivity index (χ3n) is 4.15. The Morgan fingerprint density at radius 2 is 2.00 bits per heavy atom. The van der Waals surface area contributed by atoms with E-state index in [4.69, 9.17) is 0 Å². The van der Waals surface area contributed by atoms with Gasteiger partial charge in [-0.15, -0.1) is 11.8 Å². The summed E-state index contributed by atoms with van der Waals surface area (Å²) in [6.07, 6.45) is 5.01. The van der Waals surface area contributed by atoms with Crippen LogP contribution < -0.4 is 4.90 Å². The minimum atomic E-state index is -0.259. The summed E-state index contributed by atoms with van der Waals surface area (Å²) in [4.78, 5) is 38.0. The third-order valence-corrected chi connectivity index (χ3v) is 4.94. The fourth-order valence-electron chi connectivity index (χ4n) is 2.97. The standard InChI is InChI=1S/C18H20N4O2S/c1-12-8-20-14(9-19-12)18(24)21-10-13(2)22(17(23)11-21)15-6-4-5-7-16(15)25-3/h4-9,13H,10-11H2,1-3H3. The predicted molar refractivity (Wildman–Crippen MR) is 97.8 cm³/mol. The fraction of sp³-hybridized carbons (Fsp3) is 0.333. The molecule has 1 atom stereocenters. The van der Waals surface area contributed by atoms with Crippen LogP contribution >= 0.6 is 11.8 Å². The first kappa shape index (κ1) is 17.4. The Morgan fingerprint density at radius 3 is 2.64 bits per heavy atom. The fourth-order valence-corrected chi connectivity index (χ4v) is 3.56. The van der Waals surface area contributed by atoms with E-state index in [2.05, 4.69) is 9.97 Å². The molecule has 0 spiro atoms. The van der Waals surface area contributed by atoms with Gasteiger partial charge in [0.2, 0.25) is 5.91 Å². The molecule has 0 bridgehead atoms. The summed E-state index contributed by atoms with van der Waals surface area (Å²) >= 11 is 1.61. The van der Waals surface area contributed by atoms with E-state index in [1.165, 1.54) is 6.20 Å². The zero-order valence-electron chi connectivity index (χ0n) is 14.5. The number of anilines is 1. The molecule has 1 aliphatic heterocycles. The van der Waals surface area contributed by atoms with Gasteiger partial charge in [-0.1, -0.05) is 12.1 Å². The van der Waals surface area contributed by atoms with Crippen molar-refractivity contribution in [3.8, 4) is 0 Å². The Balaban J connectivity index is 1.81. The molecule has 130 valence electrons. The number of carbonyl (C=O) groups excluding carboxylic acids is 2. The van der Waals surface area contributed by atoms with Crippen LogP contribution in [0.5, 0.6) is 0 Å². The second kappa shape index (κ2) is 7.23. The van der Waals surface area contributed by atoms with Crippen molar-refractivity contribution in [3.63, 3.8) is 0 Å². The van der Waals surface area contributed by atoms with Crippen molar-refractivity contribution in [1.29, 1.82) is 0 Å². The number of hydrogen-bond acceptors (Lipinski definition) is 5. The molecule has 6 nitrogen and oxygen atoms in total. The van der Waals surface area contributed by atoms with Gasteiger partial charge < -0.3 is 9.80 Å². The highest BCUT2D eigenvalue weighted by molar-refractivity contribution is 7.98. The van der Waals surface area contributed by atoms with E-state index in [9.17, 15) is 9.59 Å². The van der Waals surface area contributed by atoms with Crippen molar-refractivity contribution in [3.05, 3.63) is 48.0 Å². The molecule has 1 saturated heterocycles. The quantitative estimate of drug-likeness (QED) is 0.790. The summed E-state index contributed by atoms with van der Waals surface area (Å²) in [5, 5.41) is 0. The highest BCUT2D eigenvalue weighted by Gasteiger charge is 2.34. The van der Waals surface area contributed by atoms with E-state index in [1.54, 1.807) is 27.8 Å². The van der Waals surface area contributed by atoms with Crippen molar-refractivity contribution in [2.45, 2.75) is 24.8 Å². The number of aryl methyl sites for hydroxylation is 1. The molecular formula is C18H20N4O2S. The Bertz CT molecular complexity index is 794. The Morgan fingerprint density at radius 1 is 1.24 bits per heavy atom. The first-order valence-corrected chi connectivity index (χ1v) is 9.26. The third kappa shape index (κ3) is 3.51. The van der Waals surface area contributed by atoms with E-state index in [1.807, 2.05) is 44.4 Å². The van der Waals surface area contributed by atoms with Crippen molar-refractivity contribution < 1.29 is 9.59 Å². The molecule has 0 aliphatic carbocycles. The number of hydrogen-bond donors (Lipinski definition) is 0. The van der Waals surface area contributed by atoms with Crippen molar-refractivity contribution >= 4 is 29.3 Å². The van der Waals surface area contributed by atoms with Gasteiger partial charge in [-0.25, -0.2) is 4.98 Å². The van der Waals surface area contributed by atoms with E-state index < -0.39 is 0 Å². The maximum atomic E-state index is 12.8. The number of piperazine rings is 1. The molecule has 7 heteroatoms. The summed E-state index contributed by atoms with van der Waals surface area (Å²) in [5.41, 5.74) is 1.91. The van der Waals surface area contributed by atoms with E-state index >= 15 is 0 Å². The van der Waals surface area contributed by atoms with Crippen LogP contribution in [0, 0.1) is 6.92 Å². The van der Waals surface area contributed by atoms with Gasteiger partial charge in [-0.2, -0.15) is 0 Å². The first-order chi connectivity index (χ1) is 12.0. The summed E-state index contributed by atoms with van der Waals surface area (Å²) in [6.45, 7) is 4.27. The van der Waals surface area contributed by atoms with Crippen LogP contribution in [0.3, 0.4) is 0 Å². The molecule has 1 aromatic heterocycles. The minimum absolute atomic E-state index is 0.0431. The maximum absolute atomic E-state index is 12.8. The van der Waals surface area contributed by atoms with Gasteiger partial charge >= 0.3 is 0 Å². The second-order valence-electron chi connectivity index (χ2n) is 6.01. The monoisotopic (exact) mass is 356 g/mol. The Labute approximate surface area is 151 Å². The normalized spacial score (nSPS) is 17.7. The maximum Gasteiger partial charge on any atom is 0.274 e. The molecule has 3 rings (SSSR count). The van der Waals surface area contributed by atoms with Crippen LogP contribution in [-0.2, 0) is 4.79 Å². The van der Waals surface area contributed by atoms with Crippen LogP contribution in [0.25, 0.3) is 0 Å². The molecule has 2 aromatic rings. The summed E-state index contributed by atoms with van der Waals surface area (Å²) in [7, 11) is 0. The lowest BCUT2D eigenvalue weighted by atomic mass is 10.1. The smallest absolute Gasteiger partial charge is 0.274 e. The lowest BCUT2D eigenvalue weighted by molar-refractivity contribution is -0.121. The molecule has 0 radical (unpaired) electrons. The van der Waals surface area contributed by atoms with Crippen molar-refractivity contribution in [2.24, 2.45) is 0 Å². The largest absolute Gasteiger partial charge is 0.326 e. The lowest BCUT2D eigenvalue weighted by Crippen LogP contribution is -2.57. The minimum Gasteiger partial charge on any atom is -0.326 e. The number of nitrogens with zero attached hydrogens (tertiary/aromatic N) is 4. The summed E-state index contributed by atoms with van der Waals surface area (Å²) in [6, 6.07) is 7.72. The van der Waals surface area contributed by atoms with Crippen LogP contribution in [0.1, 0.15) is 23.1 Å². The lowest BCUT2D eigenvalue weighted by Gasteiger charge is -2.39. The predicted octanol–water partition coefficient (Wildman–Crippen LogP) is 2.38. The van der Waals surface area contributed by atoms with Crippen LogP contribution in [-0.4, -0.2) is 52.1 Å². The average molecular weight is 356 g/mol. The van der Waals surface area contributed by atoms with Gasteiger partial charge in [0.15, 0.2) is 0 Å². The molecule has 25 heavy (non-hydrogen) atoms. The highest BCUT2D eigenvalue weighted by Crippen LogP contribution is 2.31. The molecular weight excluding hydrogens is 336 g/mol. The molecule has 0 N–H and O–H groups in total. The SMILES string of the molecule is CSc1ccccc1N1C(=O)CN(C(=O)c2cnc(C)cn2)CC1C. The number of rotatable bonds is 3. The number of amides is 2. The molecule has 1 aliphatic rings. The van der Waals surface area contributed by atoms with Crippen LogP contribution in [0.4, 0.5) is 5.69 Å². The molecule has 0 saturated carbocycles.